The standard InChI is InChI=1S/C17H24N2O4/c1-12-7-6-8-13-15(12)19(16(21)23-17(2,3)4)10-9-18(13)11-14(20)22-5/h6-8H,9-11H2,1-5H3. The van der Waals surface area contributed by atoms with Crippen LogP contribution < -0.4 is 9.80 Å². The Morgan fingerprint density at radius 2 is 1.91 bits per heavy atom. The molecule has 0 spiro atoms. The number of methoxy groups -OCH3 is 1. The molecule has 1 aliphatic heterocycles. The van der Waals surface area contributed by atoms with E-state index >= 15 is 0 Å². The second kappa shape index (κ2) is 6.48. The van der Waals surface area contributed by atoms with Gasteiger partial charge in [-0.15, -0.1) is 0 Å². The van der Waals surface area contributed by atoms with E-state index in [0.29, 0.717) is 13.1 Å². The number of fused-ring (bicyclic) bond motifs is 1. The molecule has 1 aromatic carbocycles. The summed E-state index contributed by atoms with van der Waals surface area (Å²) in [6, 6.07) is 5.76. The van der Waals surface area contributed by atoms with Gasteiger partial charge in [-0.05, 0) is 39.3 Å². The third kappa shape index (κ3) is 3.94. The van der Waals surface area contributed by atoms with Gasteiger partial charge in [0.15, 0.2) is 0 Å². The van der Waals surface area contributed by atoms with Crippen LogP contribution in [0.1, 0.15) is 26.3 Å². The van der Waals surface area contributed by atoms with E-state index in [1.54, 1.807) is 4.90 Å². The number of nitrogens with zero attached hydrogens (tertiary/aromatic N) is 2. The maximum atomic E-state index is 12.5. The zero-order chi connectivity index (χ0) is 17.2. The molecule has 0 atom stereocenters. The Labute approximate surface area is 137 Å². The summed E-state index contributed by atoms with van der Waals surface area (Å²) in [6.07, 6.45) is -0.370. The van der Waals surface area contributed by atoms with Crippen molar-refractivity contribution < 1.29 is 19.1 Å². The van der Waals surface area contributed by atoms with Gasteiger partial charge in [0, 0.05) is 13.1 Å². The Kier molecular flexibility index (Phi) is 4.82. The van der Waals surface area contributed by atoms with E-state index in [4.69, 9.17) is 9.47 Å². The number of para-hydroxylation sites is 1. The smallest absolute Gasteiger partial charge is 0.414 e. The van der Waals surface area contributed by atoms with Crippen molar-refractivity contribution in [2.45, 2.75) is 33.3 Å². The number of aryl methyl sites for hydroxylation is 1. The average Bonchev–Trinajstić information content (AvgIpc) is 2.46. The first-order valence-corrected chi connectivity index (χ1v) is 7.65. The van der Waals surface area contributed by atoms with Gasteiger partial charge < -0.3 is 14.4 Å². The number of esters is 1. The van der Waals surface area contributed by atoms with Gasteiger partial charge in [0.1, 0.15) is 12.1 Å². The molecule has 23 heavy (non-hydrogen) atoms. The van der Waals surface area contributed by atoms with Crippen LogP contribution in [0, 0.1) is 6.92 Å². The fraction of sp³-hybridized carbons (Fsp3) is 0.529. The molecule has 1 aromatic rings. The van der Waals surface area contributed by atoms with Crippen LogP contribution in [0.15, 0.2) is 18.2 Å². The first kappa shape index (κ1) is 17.1. The van der Waals surface area contributed by atoms with Crippen LogP contribution in [-0.2, 0) is 14.3 Å². The third-order valence-corrected chi connectivity index (χ3v) is 3.58. The van der Waals surface area contributed by atoms with Crippen molar-refractivity contribution in [1.29, 1.82) is 0 Å². The van der Waals surface area contributed by atoms with Crippen LogP contribution in [0.5, 0.6) is 0 Å². The summed E-state index contributed by atoms with van der Waals surface area (Å²) in [5.74, 6) is -0.303. The monoisotopic (exact) mass is 320 g/mol. The van der Waals surface area contributed by atoms with E-state index in [-0.39, 0.29) is 18.6 Å². The molecule has 0 saturated carbocycles. The van der Waals surface area contributed by atoms with Crippen LogP contribution >= 0.6 is 0 Å². The van der Waals surface area contributed by atoms with Crippen LogP contribution in [0.3, 0.4) is 0 Å². The summed E-state index contributed by atoms with van der Waals surface area (Å²) in [6.45, 7) is 8.65. The minimum absolute atomic E-state index is 0.162. The number of carbonyl (C=O) groups excluding carboxylic acids is 2. The Hall–Kier alpha value is -2.24. The van der Waals surface area contributed by atoms with Gasteiger partial charge in [0.2, 0.25) is 0 Å². The molecule has 0 fully saturated rings. The van der Waals surface area contributed by atoms with Gasteiger partial charge in [-0.3, -0.25) is 9.69 Å². The highest BCUT2D eigenvalue weighted by Crippen LogP contribution is 2.36. The summed E-state index contributed by atoms with van der Waals surface area (Å²) < 4.78 is 10.3. The van der Waals surface area contributed by atoms with Gasteiger partial charge >= 0.3 is 12.1 Å². The molecular formula is C17H24N2O4. The van der Waals surface area contributed by atoms with Gasteiger partial charge in [0.05, 0.1) is 18.5 Å². The maximum Gasteiger partial charge on any atom is 0.414 e. The highest BCUT2D eigenvalue weighted by Gasteiger charge is 2.32. The van der Waals surface area contributed by atoms with E-state index in [1.165, 1.54) is 7.11 Å². The van der Waals surface area contributed by atoms with Crippen LogP contribution in [0.4, 0.5) is 16.2 Å². The quantitative estimate of drug-likeness (QED) is 0.784. The number of carbonyl (C=O) groups is 2. The van der Waals surface area contributed by atoms with Crippen LogP contribution in [0.25, 0.3) is 0 Å². The topological polar surface area (TPSA) is 59.1 Å². The molecule has 0 unspecified atom stereocenters. The Bertz CT molecular complexity index is 607. The molecule has 0 N–H and O–H groups in total. The summed E-state index contributed by atoms with van der Waals surface area (Å²) in [4.78, 5) is 27.7. The lowest BCUT2D eigenvalue weighted by Gasteiger charge is -2.38. The molecule has 1 heterocycles. The van der Waals surface area contributed by atoms with Gasteiger partial charge in [-0.1, -0.05) is 12.1 Å². The van der Waals surface area contributed by atoms with Crippen molar-refractivity contribution in [3.63, 3.8) is 0 Å². The maximum absolute atomic E-state index is 12.5. The summed E-state index contributed by atoms with van der Waals surface area (Å²) in [5, 5.41) is 0. The van der Waals surface area contributed by atoms with Gasteiger partial charge in [-0.25, -0.2) is 4.79 Å². The van der Waals surface area contributed by atoms with Crippen molar-refractivity contribution in [2.24, 2.45) is 0 Å². The number of hydrogen-bond donors (Lipinski definition) is 0. The zero-order valence-corrected chi connectivity index (χ0v) is 14.4. The highest BCUT2D eigenvalue weighted by atomic mass is 16.6. The lowest BCUT2D eigenvalue weighted by Crippen LogP contribution is -2.47. The van der Waals surface area contributed by atoms with Crippen molar-refractivity contribution in [1.82, 2.24) is 0 Å². The lowest BCUT2D eigenvalue weighted by molar-refractivity contribution is -0.138. The minimum Gasteiger partial charge on any atom is -0.468 e. The molecule has 0 bridgehead atoms. The Morgan fingerprint density at radius 1 is 1.22 bits per heavy atom. The molecule has 0 aliphatic carbocycles. The fourth-order valence-corrected chi connectivity index (χ4v) is 2.59. The normalized spacial score (nSPS) is 14.3. The number of rotatable bonds is 2. The minimum atomic E-state index is -0.552. The lowest BCUT2D eigenvalue weighted by atomic mass is 10.1. The largest absolute Gasteiger partial charge is 0.468 e. The van der Waals surface area contributed by atoms with Crippen molar-refractivity contribution in [3.8, 4) is 0 Å². The van der Waals surface area contributed by atoms with E-state index in [1.807, 2.05) is 50.8 Å². The summed E-state index contributed by atoms with van der Waals surface area (Å²) in [7, 11) is 1.37. The molecule has 6 nitrogen and oxygen atoms in total. The Balaban J connectivity index is 2.34. The number of anilines is 2. The predicted molar refractivity (Wildman–Crippen MR) is 89.0 cm³/mol. The van der Waals surface area contributed by atoms with E-state index in [2.05, 4.69) is 0 Å². The number of hydrogen-bond acceptors (Lipinski definition) is 5. The SMILES string of the molecule is COC(=O)CN1CCN(C(=O)OC(C)(C)C)c2c(C)cccc21. The number of benzene rings is 1. The molecule has 2 rings (SSSR count). The molecule has 0 radical (unpaired) electrons. The molecule has 0 aromatic heterocycles. The van der Waals surface area contributed by atoms with Crippen molar-refractivity contribution >= 4 is 23.4 Å². The molecule has 126 valence electrons. The van der Waals surface area contributed by atoms with Crippen LogP contribution in [0.2, 0.25) is 0 Å². The summed E-state index contributed by atoms with van der Waals surface area (Å²) >= 11 is 0. The second-order valence-electron chi connectivity index (χ2n) is 6.57. The number of amides is 1. The number of ether oxygens (including phenoxy) is 2. The van der Waals surface area contributed by atoms with E-state index < -0.39 is 5.60 Å². The van der Waals surface area contributed by atoms with E-state index in [0.717, 1.165) is 16.9 Å². The molecule has 6 heteroatoms. The predicted octanol–water partition coefficient (Wildman–Crippen LogP) is 2.73. The molecule has 1 aliphatic rings. The summed E-state index contributed by atoms with van der Waals surface area (Å²) in [5.41, 5.74) is 2.04. The third-order valence-electron chi connectivity index (χ3n) is 3.58. The Morgan fingerprint density at radius 3 is 2.52 bits per heavy atom. The fourth-order valence-electron chi connectivity index (χ4n) is 2.59. The highest BCUT2D eigenvalue weighted by molar-refractivity contribution is 5.96. The van der Waals surface area contributed by atoms with E-state index in [9.17, 15) is 9.59 Å². The van der Waals surface area contributed by atoms with Crippen LogP contribution in [-0.4, -0.2) is 44.4 Å². The molecular weight excluding hydrogens is 296 g/mol. The van der Waals surface area contributed by atoms with Crippen molar-refractivity contribution in [2.75, 3.05) is 36.5 Å². The van der Waals surface area contributed by atoms with Crippen molar-refractivity contribution in [3.05, 3.63) is 23.8 Å². The van der Waals surface area contributed by atoms with Gasteiger partial charge in [0.25, 0.3) is 0 Å². The molecule has 0 saturated heterocycles. The second-order valence-corrected chi connectivity index (χ2v) is 6.57. The first-order chi connectivity index (χ1) is 10.7. The average molecular weight is 320 g/mol. The first-order valence-electron chi connectivity index (χ1n) is 7.65. The van der Waals surface area contributed by atoms with Gasteiger partial charge in [-0.2, -0.15) is 0 Å². The molecule has 1 amide bonds. The zero-order valence-electron chi connectivity index (χ0n) is 14.4.